The topological polar surface area (TPSA) is 84.2 Å². The maximum atomic E-state index is 13.7. The zero-order valence-corrected chi connectivity index (χ0v) is 15.5. The molecular weight excluding hydrogens is 341 g/mol. The van der Waals surface area contributed by atoms with Crippen molar-refractivity contribution in [2.45, 2.75) is 49.9 Å². The minimum atomic E-state index is -0.577. The van der Waals surface area contributed by atoms with Crippen molar-refractivity contribution < 1.29 is 14.0 Å². The number of halogens is 1. The third-order valence-corrected chi connectivity index (χ3v) is 6.08. The molecular formula is C18H26FN3O2S. The summed E-state index contributed by atoms with van der Waals surface area (Å²) in [5.74, 6) is -0.298. The fourth-order valence-corrected chi connectivity index (χ4v) is 3.81. The Morgan fingerprint density at radius 3 is 2.68 bits per heavy atom. The molecule has 1 heterocycles. The number of hydrogen-bond donors (Lipinski definition) is 3. The fraction of sp³-hybridized carbons (Fsp3) is 0.556. The van der Waals surface area contributed by atoms with Gasteiger partial charge in [0, 0.05) is 17.8 Å². The number of benzene rings is 1. The van der Waals surface area contributed by atoms with Gasteiger partial charge in [-0.3, -0.25) is 9.59 Å². The summed E-state index contributed by atoms with van der Waals surface area (Å²) < 4.78 is 13.7. The minimum Gasteiger partial charge on any atom is -0.352 e. The van der Waals surface area contributed by atoms with Gasteiger partial charge in [0.25, 0.3) is 0 Å². The molecule has 1 aromatic carbocycles. The fourth-order valence-electron chi connectivity index (χ4n) is 2.64. The lowest BCUT2D eigenvalue weighted by atomic mass is 9.94. The van der Waals surface area contributed by atoms with Crippen molar-refractivity contribution in [1.82, 2.24) is 10.6 Å². The molecule has 7 heteroatoms. The number of rotatable bonds is 7. The van der Waals surface area contributed by atoms with Crippen molar-refractivity contribution in [2.75, 3.05) is 12.3 Å². The maximum Gasteiger partial charge on any atom is 0.243 e. The number of amides is 2. The first kappa shape index (κ1) is 19.7. The average molecular weight is 367 g/mol. The third kappa shape index (κ3) is 5.19. The Kier molecular flexibility index (Phi) is 6.84. The number of hydrogen-bond acceptors (Lipinski definition) is 4. The molecule has 25 heavy (non-hydrogen) atoms. The second-order valence-electron chi connectivity index (χ2n) is 6.47. The number of carbonyl (C=O) groups excluding carboxylic acids is 2. The maximum absolute atomic E-state index is 13.7. The first-order valence-electron chi connectivity index (χ1n) is 8.60. The van der Waals surface area contributed by atoms with E-state index >= 15 is 0 Å². The van der Waals surface area contributed by atoms with E-state index in [0.717, 1.165) is 12.8 Å². The Labute approximate surface area is 152 Å². The van der Waals surface area contributed by atoms with Gasteiger partial charge in [-0.2, -0.15) is 0 Å². The van der Waals surface area contributed by atoms with Crippen LogP contribution in [0.3, 0.4) is 0 Å². The van der Waals surface area contributed by atoms with Gasteiger partial charge in [-0.05, 0) is 30.9 Å². The molecule has 2 atom stereocenters. The van der Waals surface area contributed by atoms with Gasteiger partial charge in [0.2, 0.25) is 11.8 Å². The van der Waals surface area contributed by atoms with Gasteiger partial charge < -0.3 is 16.4 Å². The summed E-state index contributed by atoms with van der Waals surface area (Å²) in [5.41, 5.74) is 6.27. The quantitative estimate of drug-likeness (QED) is 0.683. The third-order valence-electron chi connectivity index (χ3n) is 4.78. The molecule has 0 bridgehead atoms. The molecule has 2 amide bonds. The first-order chi connectivity index (χ1) is 11.9. The van der Waals surface area contributed by atoms with E-state index in [9.17, 15) is 14.0 Å². The van der Waals surface area contributed by atoms with Crippen LogP contribution in [0.15, 0.2) is 24.3 Å². The summed E-state index contributed by atoms with van der Waals surface area (Å²) in [4.78, 5) is 24.6. The smallest absolute Gasteiger partial charge is 0.243 e. The van der Waals surface area contributed by atoms with Crippen molar-refractivity contribution in [3.05, 3.63) is 35.6 Å². The Bertz CT molecular complexity index is 622. The zero-order valence-electron chi connectivity index (χ0n) is 14.7. The van der Waals surface area contributed by atoms with Crippen LogP contribution in [0.2, 0.25) is 0 Å². The normalized spacial score (nSPS) is 20.9. The van der Waals surface area contributed by atoms with Crippen LogP contribution < -0.4 is 16.4 Å². The van der Waals surface area contributed by atoms with Crippen LogP contribution in [0.5, 0.6) is 0 Å². The van der Waals surface area contributed by atoms with E-state index in [2.05, 4.69) is 10.6 Å². The second-order valence-corrected chi connectivity index (χ2v) is 7.70. The van der Waals surface area contributed by atoms with E-state index < -0.39 is 11.6 Å². The second kappa shape index (κ2) is 8.67. The number of nitrogens with one attached hydrogen (secondary N) is 2. The molecule has 2 rings (SSSR count). The Balaban J connectivity index is 1.87. The standard InChI is InChI=1S/C18H26FN3O2S/c1-3-18(20,4-2)11-21-16(23)14-10-25-15(17(24)22-14)9-12-7-5-6-8-13(12)19/h5-8,14-15H,3-4,9-11,20H2,1-2H3,(H,21,23)(H,22,24). The molecule has 0 spiro atoms. The average Bonchev–Trinajstić information content (AvgIpc) is 2.62. The highest BCUT2D eigenvalue weighted by atomic mass is 32.2. The number of carbonyl (C=O) groups is 2. The lowest BCUT2D eigenvalue weighted by Gasteiger charge is -2.31. The van der Waals surface area contributed by atoms with Gasteiger partial charge in [-0.1, -0.05) is 32.0 Å². The van der Waals surface area contributed by atoms with Crippen molar-refractivity contribution in [2.24, 2.45) is 5.73 Å². The van der Waals surface area contributed by atoms with E-state index in [1.165, 1.54) is 17.8 Å². The summed E-state index contributed by atoms with van der Waals surface area (Å²) in [5, 5.41) is 5.19. The minimum absolute atomic E-state index is 0.220. The summed E-state index contributed by atoms with van der Waals surface area (Å²) in [6.45, 7) is 4.36. The molecule has 0 aromatic heterocycles. The lowest BCUT2D eigenvalue weighted by Crippen LogP contribution is -2.57. The van der Waals surface area contributed by atoms with Gasteiger partial charge in [-0.25, -0.2) is 4.39 Å². The van der Waals surface area contributed by atoms with Crippen molar-refractivity contribution in [3.63, 3.8) is 0 Å². The van der Waals surface area contributed by atoms with Crippen LogP contribution in [0.4, 0.5) is 4.39 Å². The van der Waals surface area contributed by atoms with E-state index in [-0.39, 0.29) is 22.9 Å². The van der Waals surface area contributed by atoms with Crippen LogP contribution in [0, 0.1) is 5.82 Å². The zero-order chi connectivity index (χ0) is 18.4. The van der Waals surface area contributed by atoms with Crippen molar-refractivity contribution in [1.29, 1.82) is 0 Å². The van der Waals surface area contributed by atoms with Crippen LogP contribution in [-0.2, 0) is 16.0 Å². The summed E-state index contributed by atoms with van der Waals surface area (Å²) in [7, 11) is 0. The van der Waals surface area contributed by atoms with Gasteiger partial charge >= 0.3 is 0 Å². The largest absolute Gasteiger partial charge is 0.352 e. The Morgan fingerprint density at radius 2 is 2.08 bits per heavy atom. The molecule has 0 radical (unpaired) electrons. The van der Waals surface area contributed by atoms with Gasteiger partial charge in [-0.15, -0.1) is 11.8 Å². The Hall–Kier alpha value is -1.60. The van der Waals surface area contributed by atoms with E-state index in [1.54, 1.807) is 18.2 Å². The van der Waals surface area contributed by atoms with Crippen LogP contribution in [0.1, 0.15) is 32.3 Å². The van der Waals surface area contributed by atoms with Crippen LogP contribution >= 0.6 is 11.8 Å². The highest BCUT2D eigenvalue weighted by Crippen LogP contribution is 2.23. The van der Waals surface area contributed by atoms with Crippen LogP contribution in [0.25, 0.3) is 0 Å². The molecule has 0 aliphatic carbocycles. The number of nitrogens with two attached hydrogens (primary N) is 1. The predicted octanol–water partition coefficient (Wildman–Crippen LogP) is 1.60. The molecule has 1 fully saturated rings. The van der Waals surface area contributed by atoms with E-state index in [4.69, 9.17) is 5.73 Å². The molecule has 138 valence electrons. The molecule has 1 aliphatic rings. The summed E-state index contributed by atoms with van der Waals surface area (Å²) in [6.07, 6.45) is 1.84. The molecule has 4 N–H and O–H groups in total. The van der Waals surface area contributed by atoms with Crippen molar-refractivity contribution in [3.8, 4) is 0 Å². The molecule has 1 aliphatic heterocycles. The highest BCUT2D eigenvalue weighted by molar-refractivity contribution is 8.00. The molecule has 1 aromatic rings. The van der Waals surface area contributed by atoms with Gasteiger partial charge in [0.05, 0.1) is 5.25 Å². The summed E-state index contributed by atoms with van der Waals surface area (Å²) in [6, 6.07) is 5.86. The first-order valence-corrected chi connectivity index (χ1v) is 9.65. The predicted molar refractivity (Wildman–Crippen MR) is 98.8 cm³/mol. The van der Waals surface area contributed by atoms with Crippen molar-refractivity contribution >= 4 is 23.6 Å². The molecule has 1 saturated heterocycles. The highest BCUT2D eigenvalue weighted by Gasteiger charge is 2.33. The number of thioether (sulfide) groups is 1. The van der Waals surface area contributed by atoms with E-state index in [0.29, 0.717) is 24.3 Å². The summed E-state index contributed by atoms with van der Waals surface area (Å²) >= 11 is 1.39. The van der Waals surface area contributed by atoms with Gasteiger partial charge in [0.1, 0.15) is 11.9 Å². The molecule has 5 nitrogen and oxygen atoms in total. The van der Waals surface area contributed by atoms with E-state index in [1.807, 2.05) is 13.8 Å². The SMILES string of the molecule is CCC(N)(CC)CNC(=O)C1CSC(Cc2ccccc2F)C(=O)N1. The van der Waals surface area contributed by atoms with Crippen LogP contribution in [-0.4, -0.2) is 40.9 Å². The lowest BCUT2D eigenvalue weighted by molar-refractivity contribution is -0.128. The Morgan fingerprint density at radius 1 is 1.40 bits per heavy atom. The van der Waals surface area contributed by atoms with Gasteiger partial charge in [0.15, 0.2) is 0 Å². The molecule has 0 saturated carbocycles. The molecule has 2 unspecified atom stereocenters. The monoisotopic (exact) mass is 367 g/mol.